The molecule has 0 spiro atoms. The second kappa shape index (κ2) is 9.09. The van der Waals surface area contributed by atoms with Crippen molar-refractivity contribution in [3.63, 3.8) is 0 Å². The van der Waals surface area contributed by atoms with Gasteiger partial charge >= 0.3 is 0 Å². The number of aliphatic imine (C=N–C) groups is 1. The first-order chi connectivity index (χ1) is 15.4. The fourth-order valence-corrected chi connectivity index (χ4v) is 4.78. The molecule has 4 N–H and O–H groups in total. The van der Waals surface area contributed by atoms with Gasteiger partial charge in [-0.25, -0.2) is 9.37 Å². The number of ether oxygens (including phenoxy) is 1. The lowest BCUT2D eigenvalue weighted by Gasteiger charge is -2.41. The summed E-state index contributed by atoms with van der Waals surface area (Å²) in [7, 11) is 5.07. The highest BCUT2D eigenvalue weighted by atomic mass is 32.1. The van der Waals surface area contributed by atoms with Gasteiger partial charge in [0.25, 0.3) is 11.1 Å². The van der Waals surface area contributed by atoms with Gasteiger partial charge < -0.3 is 26.0 Å². The maximum atomic E-state index is 14.2. The van der Waals surface area contributed by atoms with Crippen molar-refractivity contribution >= 4 is 50.7 Å². The Balaban J connectivity index is 1.65. The van der Waals surface area contributed by atoms with Crippen LogP contribution in [0.25, 0.3) is 10.2 Å². The number of rotatable bonds is 7. The summed E-state index contributed by atoms with van der Waals surface area (Å²) in [6, 6.07) is 6.46. The number of methoxy groups -OCH3 is 1. The van der Waals surface area contributed by atoms with Crippen LogP contribution in [0.2, 0.25) is 0 Å². The number of hydrogen-bond acceptors (Lipinski definition) is 8. The molecule has 0 unspecified atom stereocenters. The molecule has 1 aliphatic rings. The number of aromatic nitrogens is 1. The lowest BCUT2D eigenvalue weighted by atomic mass is 9.98. The molecular formula is C22H25FN6O2S. The first-order valence-electron chi connectivity index (χ1n) is 10.1. The molecule has 168 valence electrons. The molecule has 0 saturated carbocycles. The molecular weight excluding hydrogens is 431 g/mol. The number of thiazole rings is 1. The Labute approximate surface area is 189 Å². The molecule has 32 heavy (non-hydrogen) atoms. The third kappa shape index (κ3) is 4.11. The Bertz CT molecular complexity index is 1190. The molecule has 0 atom stereocenters. The van der Waals surface area contributed by atoms with Crippen molar-refractivity contribution in [1.29, 1.82) is 0 Å². The zero-order valence-electron chi connectivity index (χ0n) is 18.1. The number of nitrogens with two attached hydrogens (primary N) is 1. The van der Waals surface area contributed by atoms with E-state index in [1.54, 1.807) is 26.3 Å². The van der Waals surface area contributed by atoms with E-state index in [0.717, 1.165) is 30.0 Å². The fourth-order valence-electron chi connectivity index (χ4n) is 3.83. The Morgan fingerprint density at radius 2 is 2.22 bits per heavy atom. The number of halogens is 1. The number of nitrogens with zero attached hydrogens (tertiary/aromatic N) is 3. The number of hydrogen-bond donors (Lipinski definition) is 3. The van der Waals surface area contributed by atoms with Crippen LogP contribution in [-0.4, -0.2) is 57.9 Å². The Morgan fingerprint density at radius 3 is 2.91 bits per heavy atom. The number of carbonyl (C=O) groups is 1. The number of anilines is 3. The van der Waals surface area contributed by atoms with Crippen molar-refractivity contribution in [2.24, 2.45) is 10.9 Å². The lowest BCUT2D eigenvalue weighted by molar-refractivity contribution is 0.102. The topological polar surface area (TPSA) is 105 Å². The quantitative estimate of drug-likeness (QED) is 0.373. The number of carbonyl (C=O) groups excluding carboxylic acids is 1. The molecule has 2 aromatic carbocycles. The molecule has 0 aliphatic carbocycles. The molecule has 1 amide bonds. The summed E-state index contributed by atoms with van der Waals surface area (Å²) >= 11 is 1.40. The van der Waals surface area contributed by atoms with Crippen LogP contribution in [0, 0.1) is 11.7 Å². The first kappa shape index (κ1) is 22.0. The highest BCUT2D eigenvalue weighted by molar-refractivity contribution is 7.21. The van der Waals surface area contributed by atoms with Crippen LogP contribution in [0.15, 0.2) is 29.3 Å². The highest BCUT2D eigenvalue weighted by Gasteiger charge is 2.29. The first-order valence-corrected chi connectivity index (χ1v) is 11.0. The number of amides is 1. The molecule has 8 nitrogen and oxygen atoms in total. The van der Waals surface area contributed by atoms with E-state index < -0.39 is 11.7 Å². The predicted octanol–water partition coefficient (Wildman–Crippen LogP) is 2.98. The maximum absolute atomic E-state index is 14.2. The van der Waals surface area contributed by atoms with Crippen molar-refractivity contribution in [3.05, 3.63) is 41.2 Å². The Hall–Kier alpha value is -3.24. The van der Waals surface area contributed by atoms with Gasteiger partial charge in [0.05, 0.1) is 28.7 Å². The van der Waals surface area contributed by atoms with E-state index in [2.05, 4.69) is 25.5 Å². The number of nitrogens with one attached hydrogen (secondary N) is 2. The van der Waals surface area contributed by atoms with Gasteiger partial charge in [0, 0.05) is 50.1 Å². The molecule has 1 aromatic heterocycles. The van der Waals surface area contributed by atoms with Crippen LogP contribution >= 0.6 is 11.3 Å². The second-order valence-corrected chi connectivity index (χ2v) is 8.59. The molecule has 2 heterocycles. The van der Waals surface area contributed by atoms with Gasteiger partial charge in [-0.15, -0.1) is 0 Å². The van der Waals surface area contributed by atoms with Gasteiger partial charge in [-0.05, 0) is 31.3 Å². The monoisotopic (exact) mass is 456 g/mol. The summed E-state index contributed by atoms with van der Waals surface area (Å²) in [5.74, 6) is -0.425. The number of fused-ring (bicyclic) bond motifs is 1. The predicted molar refractivity (Wildman–Crippen MR) is 128 cm³/mol. The van der Waals surface area contributed by atoms with Crippen molar-refractivity contribution in [2.45, 2.75) is 0 Å². The minimum atomic E-state index is -0.623. The van der Waals surface area contributed by atoms with E-state index in [1.807, 2.05) is 13.1 Å². The van der Waals surface area contributed by atoms with E-state index in [9.17, 15) is 9.18 Å². The summed E-state index contributed by atoms with van der Waals surface area (Å²) in [5.41, 5.74) is 8.40. The van der Waals surface area contributed by atoms with Gasteiger partial charge in [-0.3, -0.25) is 9.79 Å². The second-order valence-electron chi connectivity index (χ2n) is 7.62. The molecule has 0 bridgehead atoms. The van der Waals surface area contributed by atoms with Crippen LogP contribution in [0.1, 0.15) is 15.9 Å². The standard InChI is InChI=1S/C22H25FN6O2S/c1-25-8-12-10-29(11-12)17-5-4-15(19-20(17)32-22(28-19)31-3)21(30)27-14-6-13(9-26-2)18(24)16(23)7-14/h4-7,9,12,25H,8,10-11,24H2,1-3H3,(H,27,30). The van der Waals surface area contributed by atoms with Crippen LogP contribution in [-0.2, 0) is 0 Å². The summed E-state index contributed by atoms with van der Waals surface area (Å²) in [6.07, 6.45) is 1.45. The zero-order valence-corrected chi connectivity index (χ0v) is 18.9. The minimum Gasteiger partial charge on any atom is -0.473 e. The van der Waals surface area contributed by atoms with Crippen molar-refractivity contribution in [1.82, 2.24) is 10.3 Å². The SMILES string of the molecule is CN=Cc1cc(NC(=O)c2ccc(N3CC(CNC)C3)c3sc(OC)nc23)cc(F)c1N. The Morgan fingerprint density at radius 1 is 1.44 bits per heavy atom. The molecule has 10 heteroatoms. The van der Waals surface area contributed by atoms with E-state index in [1.165, 1.54) is 23.6 Å². The molecule has 0 radical (unpaired) electrons. The third-order valence-electron chi connectivity index (χ3n) is 5.40. The summed E-state index contributed by atoms with van der Waals surface area (Å²) < 4.78 is 20.4. The van der Waals surface area contributed by atoms with E-state index in [0.29, 0.717) is 27.8 Å². The molecule has 4 rings (SSSR count). The minimum absolute atomic E-state index is 0.0179. The fraction of sp³-hybridized carbons (Fsp3) is 0.318. The Kier molecular flexibility index (Phi) is 6.24. The third-order valence-corrected chi connectivity index (χ3v) is 6.44. The number of benzene rings is 2. The van der Waals surface area contributed by atoms with Gasteiger partial charge in [0.15, 0.2) is 0 Å². The summed E-state index contributed by atoms with van der Waals surface area (Å²) in [5, 5.41) is 6.44. The summed E-state index contributed by atoms with van der Waals surface area (Å²) in [4.78, 5) is 23.8. The van der Waals surface area contributed by atoms with E-state index >= 15 is 0 Å². The molecule has 1 fully saturated rings. The maximum Gasteiger partial charge on any atom is 0.274 e. The van der Waals surface area contributed by atoms with Crippen molar-refractivity contribution < 1.29 is 13.9 Å². The molecule has 3 aromatic rings. The van der Waals surface area contributed by atoms with Crippen LogP contribution in [0.4, 0.5) is 21.5 Å². The van der Waals surface area contributed by atoms with Gasteiger partial charge in [0.1, 0.15) is 11.3 Å². The normalized spacial score (nSPS) is 14.2. The average molecular weight is 457 g/mol. The van der Waals surface area contributed by atoms with Gasteiger partial charge in [0.2, 0.25) is 0 Å². The van der Waals surface area contributed by atoms with Crippen LogP contribution in [0.3, 0.4) is 0 Å². The van der Waals surface area contributed by atoms with Crippen molar-refractivity contribution in [3.8, 4) is 5.19 Å². The van der Waals surface area contributed by atoms with E-state index in [-0.39, 0.29) is 11.4 Å². The van der Waals surface area contributed by atoms with Gasteiger partial charge in [-0.1, -0.05) is 11.3 Å². The zero-order chi connectivity index (χ0) is 22.8. The van der Waals surface area contributed by atoms with Crippen LogP contribution < -0.4 is 26.0 Å². The average Bonchev–Trinajstić information content (AvgIpc) is 3.18. The lowest BCUT2D eigenvalue weighted by Crippen LogP contribution is -2.50. The molecule has 1 saturated heterocycles. The van der Waals surface area contributed by atoms with Crippen LogP contribution in [0.5, 0.6) is 5.19 Å². The largest absolute Gasteiger partial charge is 0.473 e. The van der Waals surface area contributed by atoms with E-state index in [4.69, 9.17) is 10.5 Å². The smallest absolute Gasteiger partial charge is 0.274 e. The van der Waals surface area contributed by atoms with Gasteiger partial charge in [-0.2, -0.15) is 0 Å². The highest BCUT2D eigenvalue weighted by Crippen LogP contribution is 2.39. The molecule has 1 aliphatic heterocycles. The summed E-state index contributed by atoms with van der Waals surface area (Å²) in [6.45, 7) is 2.84. The number of nitrogen functional groups attached to an aromatic ring is 1. The van der Waals surface area contributed by atoms with Crippen molar-refractivity contribution in [2.75, 3.05) is 56.8 Å².